The highest BCUT2D eigenvalue weighted by Crippen LogP contribution is 2.48. The van der Waals surface area contributed by atoms with Gasteiger partial charge in [-0.25, -0.2) is 4.98 Å². The van der Waals surface area contributed by atoms with Crippen LogP contribution < -0.4 is 4.74 Å². The SMILES string of the molecule is CC(C)Oc1ccc(-c2nsc(-c3cccc4c3CC[C@@]43CC(=O)N(CCO)C3)n2)cc1C#N. The second kappa shape index (κ2) is 8.82. The van der Waals surface area contributed by atoms with Gasteiger partial charge in [0.15, 0.2) is 5.82 Å². The van der Waals surface area contributed by atoms with Gasteiger partial charge in [0.05, 0.1) is 18.3 Å². The zero-order valence-electron chi connectivity index (χ0n) is 19.2. The van der Waals surface area contributed by atoms with Crippen molar-refractivity contribution in [3.8, 4) is 33.8 Å². The topological polar surface area (TPSA) is 99.3 Å². The molecule has 1 spiro atoms. The summed E-state index contributed by atoms with van der Waals surface area (Å²) >= 11 is 1.35. The van der Waals surface area contributed by atoms with Crippen LogP contribution in [0.25, 0.3) is 22.0 Å². The number of rotatable bonds is 6. The predicted molar refractivity (Wildman–Crippen MR) is 130 cm³/mol. The Hall–Kier alpha value is -3.28. The van der Waals surface area contributed by atoms with Gasteiger partial charge in [0, 0.05) is 36.1 Å². The van der Waals surface area contributed by atoms with Crippen molar-refractivity contribution in [3.05, 3.63) is 53.1 Å². The highest BCUT2D eigenvalue weighted by molar-refractivity contribution is 7.09. The normalized spacial score (nSPS) is 19.1. The van der Waals surface area contributed by atoms with Crippen LogP contribution >= 0.6 is 11.5 Å². The maximum absolute atomic E-state index is 12.5. The Bertz CT molecular complexity index is 1300. The van der Waals surface area contributed by atoms with E-state index in [1.165, 1.54) is 22.7 Å². The molecule has 1 atom stereocenters. The Balaban J connectivity index is 1.46. The lowest BCUT2D eigenvalue weighted by molar-refractivity contribution is -0.128. The Morgan fingerprint density at radius 3 is 2.94 bits per heavy atom. The average molecular weight is 475 g/mol. The molecule has 0 saturated carbocycles. The summed E-state index contributed by atoms with van der Waals surface area (Å²) in [6.45, 7) is 4.89. The van der Waals surface area contributed by atoms with Crippen LogP contribution in [-0.4, -0.2) is 51.1 Å². The van der Waals surface area contributed by atoms with Gasteiger partial charge in [-0.3, -0.25) is 4.79 Å². The van der Waals surface area contributed by atoms with Gasteiger partial charge in [-0.1, -0.05) is 18.2 Å². The molecule has 1 fully saturated rings. The molecule has 1 saturated heterocycles. The van der Waals surface area contributed by atoms with E-state index in [1.807, 2.05) is 26.0 Å². The van der Waals surface area contributed by atoms with Crippen LogP contribution in [-0.2, 0) is 16.6 Å². The van der Waals surface area contributed by atoms with Crippen LogP contribution in [0.2, 0.25) is 0 Å². The highest BCUT2D eigenvalue weighted by Gasteiger charge is 2.48. The second-order valence-corrected chi connectivity index (χ2v) is 9.99. The molecule has 0 radical (unpaired) electrons. The fourth-order valence-corrected chi connectivity index (χ4v) is 5.93. The molecule has 34 heavy (non-hydrogen) atoms. The number of β-amino-alcohol motifs (C(OH)–C–C–N with tert-alkyl or cyclic N) is 1. The van der Waals surface area contributed by atoms with Crippen molar-refractivity contribution in [1.82, 2.24) is 14.3 Å². The van der Waals surface area contributed by atoms with Crippen molar-refractivity contribution in [2.24, 2.45) is 0 Å². The fraction of sp³-hybridized carbons (Fsp3) is 0.385. The molecule has 1 aliphatic carbocycles. The summed E-state index contributed by atoms with van der Waals surface area (Å²) in [7, 11) is 0. The Morgan fingerprint density at radius 1 is 1.32 bits per heavy atom. The lowest BCUT2D eigenvalue weighted by Crippen LogP contribution is -2.32. The highest BCUT2D eigenvalue weighted by atomic mass is 32.1. The molecule has 1 N–H and O–H groups in total. The summed E-state index contributed by atoms with van der Waals surface area (Å²) in [6, 6.07) is 13.9. The summed E-state index contributed by atoms with van der Waals surface area (Å²) < 4.78 is 10.3. The molecular formula is C26H26N4O3S. The molecule has 5 rings (SSSR count). The number of ether oxygens (including phenoxy) is 1. The van der Waals surface area contributed by atoms with Crippen molar-refractivity contribution >= 4 is 17.4 Å². The first-order valence-electron chi connectivity index (χ1n) is 11.5. The van der Waals surface area contributed by atoms with Gasteiger partial charge < -0.3 is 14.7 Å². The summed E-state index contributed by atoms with van der Waals surface area (Å²) in [5.41, 5.74) is 4.58. The predicted octanol–water partition coefficient (Wildman–Crippen LogP) is 3.94. The zero-order valence-corrected chi connectivity index (χ0v) is 20.1. The molecule has 8 heteroatoms. The lowest BCUT2D eigenvalue weighted by atomic mass is 9.80. The first kappa shape index (κ1) is 22.5. The minimum absolute atomic E-state index is 0.0135. The molecule has 2 aliphatic rings. The number of aliphatic hydroxyl groups excluding tert-OH is 1. The van der Waals surface area contributed by atoms with E-state index < -0.39 is 0 Å². The first-order valence-corrected chi connectivity index (χ1v) is 12.3. The minimum atomic E-state index is -0.181. The van der Waals surface area contributed by atoms with Gasteiger partial charge in [0.25, 0.3) is 0 Å². The number of aromatic nitrogens is 2. The van der Waals surface area contributed by atoms with Crippen molar-refractivity contribution in [2.75, 3.05) is 19.7 Å². The quantitative estimate of drug-likeness (QED) is 0.581. The Morgan fingerprint density at radius 2 is 2.18 bits per heavy atom. The van der Waals surface area contributed by atoms with E-state index in [2.05, 4.69) is 22.6 Å². The van der Waals surface area contributed by atoms with Crippen LogP contribution in [0.5, 0.6) is 5.75 Å². The number of carbonyl (C=O) groups excluding carboxylic acids is 1. The minimum Gasteiger partial charge on any atom is -0.490 e. The average Bonchev–Trinajstić information content (AvgIpc) is 3.52. The van der Waals surface area contributed by atoms with Gasteiger partial charge in [0.1, 0.15) is 16.8 Å². The first-order chi connectivity index (χ1) is 16.4. The molecule has 2 aromatic carbocycles. The number of carbonyl (C=O) groups is 1. The van der Waals surface area contributed by atoms with Crippen LogP contribution in [0, 0.1) is 11.3 Å². The summed E-state index contributed by atoms with van der Waals surface area (Å²) in [5.74, 6) is 1.26. The van der Waals surface area contributed by atoms with E-state index in [1.54, 1.807) is 17.0 Å². The molecule has 7 nitrogen and oxygen atoms in total. The van der Waals surface area contributed by atoms with Crippen molar-refractivity contribution in [3.63, 3.8) is 0 Å². The number of hydrogen-bond donors (Lipinski definition) is 1. The number of nitrogens with zero attached hydrogens (tertiary/aromatic N) is 4. The van der Waals surface area contributed by atoms with E-state index in [4.69, 9.17) is 9.72 Å². The third-order valence-electron chi connectivity index (χ3n) is 6.68. The molecule has 174 valence electrons. The monoisotopic (exact) mass is 474 g/mol. The second-order valence-electron chi connectivity index (χ2n) is 9.24. The molecule has 3 aromatic rings. The third-order valence-corrected chi connectivity index (χ3v) is 7.43. The van der Waals surface area contributed by atoms with E-state index >= 15 is 0 Å². The number of aliphatic hydroxyl groups is 1. The van der Waals surface area contributed by atoms with Gasteiger partial charge >= 0.3 is 0 Å². The van der Waals surface area contributed by atoms with Gasteiger partial charge in [0.2, 0.25) is 5.91 Å². The van der Waals surface area contributed by atoms with Crippen LogP contribution in [0.15, 0.2) is 36.4 Å². The number of nitriles is 1. The molecule has 1 amide bonds. The van der Waals surface area contributed by atoms with Crippen molar-refractivity contribution in [1.29, 1.82) is 5.26 Å². The van der Waals surface area contributed by atoms with Crippen LogP contribution in [0.4, 0.5) is 0 Å². The largest absolute Gasteiger partial charge is 0.490 e. The summed E-state index contributed by atoms with van der Waals surface area (Å²) in [4.78, 5) is 19.1. The molecular weight excluding hydrogens is 448 g/mol. The number of hydrogen-bond acceptors (Lipinski definition) is 7. The smallest absolute Gasteiger partial charge is 0.223 e. The van der Waals surface area contributed by atoms with Crippen LogP contribution in [0.1, 0.15) is 43.4 Å². The van der Waals surface area contributed by atoms with Gasteiger partial charge in [-0.05, 0) is 67.5 Å². The molecule has 2 heterocycles. The van der Waals surface area contributed by atoms with E-state index in [0.29, 0.717) is 36.6 Å². The maximum atomic E-state index is 12.5. The zero-order chi connectivity index (χ0) is 23.9. The standard InChI is InChI=1S/C26H26N4O3S/c1-16(2)33-22-7-6-17(12-18(22)14-27)24-28-25(34-29-24)20-4-3-5-21-19(20)8-9-26(21)13-23(32)30(15-26)10-11-31/h3-7,12,16,31H,8-11,13,15H2,1-2H3/t26-/m0/s1. The van der Waals surface area contributed by atoms with E-state index in [9.17, 15) is 15.2 Å². The van der Waals surface area contributed by atoms with Gasteiger partial charge in [-0.15, -0.1) is 0 Å². The molecule has 1 aromatic heterocycles. The molecule has 1 aliphatic heterocycles. The van der Waals surface area contributed by atoms with Crippen LogP contribution in [0.3, 0.4) is 0 Å². The Kier molecular flexibility index (Phi) is 5.84. The van der Waals surface area contributed by atoms with E-state index in [-0.39, 0.29) is 24.0 Å². The molecule has 0 unspecified atom stereocenters. The third kappa shape index (κ3) is 3.85. The van der Waals surface area contributed by atoms with Crippen molar-refractivity contribution in [2.45, 2.75) is 44.6 Å². The summed E-state index contributed by atoms with van der Waals surface area (Å²) in [6.07, 6.45) is 2.28. The lowest BCUT2D eigenvalue weighted by Gasteiger charge is -2.24. The van der Waals surface area contributed by atoms with E-state index in [0.717, 1.165) is 29.0 Å². The summed E-state index contributed by atoms with van der Waals surface area (Å²) in [5, 5.41) is 19.7. The van der Waals surface area contributed by atoms with Crippen molar-refractivity contribution < 1.29 is 14.6 Å². The number of amides is 1. The number of likely N-dealkylation sites (tertiary alicyclic amines) is 1. The number of fused-ring (bicyclic) bond motifs is 2. The Labute approximate surface area is 202 Å². The number of benzene rings is 2. The maximum Gasteiger partial charge on any atom is 0.223 e. The molecule has 0 bridgehead atoms. The van der Waals surface area contributed by atoms with Gasteiger partial charge in [-0.2, -0.15) is 9.64 Å². The fourth-order valence-electron chi connectivity index (χ4n) is 5.20.